The summed E-state index contributed by atoms with van der Waals surface area (Å²) < 4.78 is 5.13. The summed E-state index contributed by atoms with van der Waals surface area (Å²) in [6, 6.07) is 20.1. The molecule has 0 saturated carbocycles. The van der Waals surface area contributed by atoms with Gasteiger partial charge in [0.15, 0.2) is 0 Å². The summed E-state index contributed by atoms with van der Waals surface area (Å²) in [7, 11) is 4.08. The quantitative estimate of drug-likeness (QED) is 0.305. The summed E-state index contributed by atoms with van der Waals surface area (Å²) in [5.74, 6) is 1.02. The summed E-state index contributed by atoms with van der Waals surface area (Å²) in [4.78, 5) is 23.0. The van der Waals surface area contributed by atoms with E-state index in [1.54, 1.807) is 6.92 Å². The largest absolute Gasteiger partial charge is 0.361 e. The van der Waals surface area contributed by atoms with Crippen LogP contribution in [0, 0.1) is 13.8 Å². The smallest absolute Gasteiger partial charge is 0.255 e. The number of carbonyl (C=O) groups is 1. The number of hydrogen-bond donors (Lipinski definition) is 2. The molecule has 0 aliphatic carbocycles. The monoisotopic (exact) mass is 479 g/mol. The lowest BCUT2D eigenvalue weighted by Crippen LogP contribution is -2.19. The molecule has 7 heteroatoms. The van der Waals surface area contributed by atoms with Gasteiger partial charge in [-0.05, 0) is 86.1 Å². The summed E-state index contributed by atoms with van der Waals surface area (Å²) in [5, 5.41) is 8.16. The molecule has 0 unspecified atom stereocenters. The van der Waals surface area contributed by atoms with Gasteiger partial charge in [0.05, 0.1) is 0 Å². The zero-order chi connectivity index (χ0) is 25.2. The average Bonchev–Trinajstić information content (AvgIpc) is 3.51. The number of amides is 1. The highest BCUT2D eigenvalue weighted by Crippen LogP contribution is 2.30. The molecule has 5 aromatic rings. The number of anilines is 1. The second kappa shape index (κ2) is 9.79. The number of benzene rings is 3. The van der Waals surface area contributed by atoms with Gasteiger partial charge in [0.1, 0.15) is 0 Å². The predicted molar refractivity (Wildman–Crippen MR) is 143 cm³/mol. The van der Waals surface area contributed by atoms with Gasteiger partial charge in [0, 0.05) is 47.4 Å². The van der Waals surface area contributed by atoms with Gasteiger partial charge in [-0.3, -0.25) is 4.79 Å². The van der Waals surface area contributed by atoms with E-state index in [2.05, 4.69) is 50.5 Å². The molecule has 0 aliphatic heterocycles. The highest BCUT2D eigenvalue weighted by molar-refractivity contribution is 6.06. The van der Waals surface area contributed by atoms with Crippen molar-refractivity contribution in [2.45, 2.75) is 20.3 Å². The fraction of sp³-hybridized carbons (Fsp3) is 0.207. The van der Waals surface area contributed by atoms with E-state index in [1.165, 1.54) is 0 Å². The minimum atomic E-state index is -0.107. The van der Waals surface area contributed by atoms with E-state index in [0.29, 0.717) is 17.3 Å². The molecule has 2 aromatic heterocycles. The highest BCUT2D eigenvalue weighted by Gasteiger charge is 2.15. The van der Waals surface area contributed by atoms with Crippen molar-refractivity contribution in [3.8, 4) is 22.5 Å². The SMILES string of the molecule is Cc1nc(-c2ccc(-c3ccc(C(=O)Nc4ccc5[nH]ccc5c4)c(CCN(C)C)c3)c(C)c2)no1. The Morgan fingerprint density at radius 3 is 2.58 bits per heavy atom. The van der Waals surface area contributed by atoms with Crippen molar-refractivity contribution in [3.05, 3.63) is 89.4 Å². The molecule has 5 rings (SSSR count). The Bertz CT molecular complexity index is 1550. The van der Waals surface area contributed by atoms with Gasteiger partial charge < -0.3 is 19.7 Å². The first-order valence-electron chi connectivity index (χ1n) is 12.0. The maximum atomic E-state index is 13.3. The van der Waals surface area contributed by atoms with Crippen molar-refractivity contribution in [2.75, 3.05) is 26.0 Å². The van der Waals surface area contributed by atoms with Crippen LogP contribution in [0.5, 0.6) is 0 Å². The van der Waals surface area contributed by atoms with Crippen LogP contribution in [0.15, 0.2) is 71.4 Å². The number of aryl methyl sites for hydroxylation is 2. The molecule has 0 atom stereocenters. The van der Waals surface area contributed by atoms with Crippen LogP contribution in [-0.4, -0.2) is 46.6 Å². The van der Waals surface area contributed by atoms with Gasteiger partial charge in [0.25, 0.3) is 5.91 Å². The number of fused-ring (bicyclic) bond motifs is 1. The molecule has 2 N–H and O–H groups in total. The molecule has 0 bridgehead atoms. The zero-order valence-corrected chi connectivity index (χ0v) is 20.9. The number of aromatic nitrogens is 3. The van der Waals surface area contributed by atoms with Crippen LogP contribution >= 0.6 is 0 Å². The first-order valence-corrected chi connectivity index (χ1v) is 12.0. The molecule has 3 aromatic carbocycles. The zero-order valence-electron chi connectivity index (χ0n) is 20.9. The second-order valence-electron chi connectivity index (χ2n) is 9.33. The molecule has 36 heavy (non-hydrogen) atoms. The number of likely N-dealkylation sites (N-methyl/N-ethyl adjacent to an activating group) is 1. The minimum Gasteiger partial charge on any atom is -0.361 e. The molecule has 0 aliphatic rings. The van der Waals surface area contributed by atoms with Crippen LogP contribution in [-0.2, 0) is 6.42 Å². The van der Waals surface area contributed by atoms with Crippen molar-refractivity contribution >= 4 is 22.5 Å². The number of aromatic amines is 1. The third-order valence-corrected chi connectivity index (χ3v) is 6.31. The van der Waals surface area contributed by atoms with Crippen molar-refractivity contribution in [3.63, 3.8) is 0 Å². The van der Waals surface area contributed by atoms with Crippen LogP contribution < -0.4 is 5.32 Å². The average molecular weight is 480 g/mol. The van der Waals surface area contributed by atoms with E-state index >= 15 is 0 Å². The molecule has 2 heterocycles. The molecule has 7 nitrogen and oxygen atoms in total. The Morgan fingerprint density at radius 2 is 1.83 bits per heavy atom. The summed E-state index contributed by atoms with van der Waals surface area (Å²) in [6.07, 6.45) is 2.66. The third-order valence-electron chi connectivity index (χ3n) is 6.31. The molecular formula is C29H29N5O2. The van der Waals surface area contributed by atoms with E-state index in [1.807, 2.05) is 62.8 Å². The Morgan fingerprint density at radius 1 is 1.00 bits per heavy atom. The van der Waals surface area contributed by atoms with Crippen molar-refractivity contribution in [2.24, 2.45) is 0 Å². The normalized spacial score (nSPS) is 11.4. The van der Waals surface area contributed by atoms with Crippen molar-refractivity contribution < 1.29 is 9.32 Å². The lowest BCUT2D eigenvalue weighted by atomic mass is 9.93. The van der Waals surface area contributed by atoms with Crippen LogP contribution in [0.3, 0.4) is 0 Å². The van der Waals surface area contributed by atoms with Crippen molar-refractivity contribution in [1.29, 1.82) is 0 Å². The minimum absolute atomic E-state index is 0.107. The van der Waals surface area contributed by atoms with Gasteiger partial charge in [0.2, 0.25) is 11.7 Å². The highest BCUT2D eigenvalue weighted by atomic mass is 16.5. The van der Waals surface area contributed by atoms with Gasteiger partial charge in [-0.1, -0.05) is 29.4 Å². The van der Waals surface area contributed by atoms with Crippen LogP contribution in [0.2, 0.25) is 0 Å². The van der Waals surface area contributed by atoms with E-state index in [9.17, 15) is 4.79 Å². The number of hydrogen-bond acceptors (Lipinski definition) is 5. The number of carbonyl (C=O) groups excluding carboxylic acids is 1. The van der Waals surface area contributed by atoms with Crippen molar-refractivity contribution in [1.82, 2.24) is 20.0 Å². The second-order valence-corrected chi connectivity index (χ2v) is 9.33. The summed E-state index contributed by atoms with van der Waals surface area (Å²) in [5.41, 5.74) is 7.71. The Kier molecular flexibility index (Phi) is 6.40. The molecule has 0 radical (unpaired) electrons. The van der Waals surface area contributed by atoms with Gasteiger partial charge in [-0.25, -0.2) is 0 Å². The Hall–Kier alpha value is -4.23. The van der Waals surface area contributed by atoms with E-state index in [4.69, 9.17) is 4.52 Å². The number of nitrogens with zero attached hydrogens (tertiary/aromatic N) is 3. The van der Waals surface area contributed by atoms with Gasteiger partial charge in [-0.15, -0.1) is 0 Å². The van der Waals surface area contributed by atoms with Gasteiger partial charge in [-0.2, -0.15) is 4.98 Å². The lowest BCUT2D eigenvalue weighted by molar-refractivity contribution is 0.102. The Balaban J connectivity index is 1.45. The topological polar surface area (TPSA) is 87.0 Å². The van der Waals surface area contributed by atoms with Crippen LogP contribution in [0.25, 0.3) is 33.4 Å². The lowest BCUT2D eigenvalue weighted by Gasteiger charge is -2.16. The summed E-state index contributed by atoms with van der Waals surface area (Å²) >= 11 is 0. The maximum Gasteiger partial charge on any atom is 0.255 e. The van der Waals surface area contributed by atoms with Gasteiger partial charge >= 0.3 is 0 Å². The molecule has 182 valence electrons. The number of H-pyrrole nitrogens is 1. The third kappa shape index (κ3) is 4.92. The fourth-order valence-corrected chi connectivity index (χ4v) is 4.41. The number of rotatable bonds is 7. The molecular weight excluding hydrogens is 450 g/mol. The first kappa shape index (κ1) is 23.5. The Labute approximate surface area is 210 Å². The standard InChI is InChI=1S/C29H29N5O2/c1-18-15-23(28-31-19(2)36-33-28)6-8-25(18)20-5-9-26(21(16-20)12-14-34(3)4)29(35)32-24-7-10-27-22(17-24)11-13-30-27/h5-11,13,15-17,30H,12,14H2,1-4H3,(H,32,35). The van der Waals surface area contributed by atoms with Crippen LogP contribution in [0.1, 0.15) is 27.4 Å². The van der Waals surface area contributed by atoms with E-state index in [-0.39, 0.29) is 5.91 Å². The summed E-state index contributed by atoms with van der Waals surface area (Å²) in [6.45, 7) is 4.69. The predicted octanol–water partition coefficient (Wildman–Crippen LogP) is 5.86. The first-order chi connectivity index (χ1) is 17.4. The number of nitrogens with one attached hydrogen (secondary N) is 2. The van der Waals surface area contributed by atoms with E-state index < -0.39 is 0 Å². The molecule has 0 fully saturated rings. The molecule has 1 amide bonds. The molecule has 0 spiro atoms. The van der Waals surface area contributed by atoms with Crippen LogP contribution in [0.4, 0.5) is 5.69 Å². The fourth-order valence-electron chi connectivity index (χ4n) is 4.41. The molecule has 0 saturated heterocycles. The van der Waals surface area contributed by atoms with E-state index in [0.717, 1.165) is 57.4 Å². The maximum absolute atomic E-state index is 13.3.